The van der Waals surface area contributed by atoms with Crippen LogP contribution in [0, 0.1) is 13.8 Å². The van der Waals surface area contributed by atoms with E-state index >= 15 is 0 Å². The average Bonchev–Trinajstić information content (AvgIpc) is 2.97. The number of benzene rings is 2. The third-order valence-electron chi connectivity index (χ3n) is 5.85. The van der Waals surface area contributed by atoms with Crippen molar-refractivity contribution in [2.24, 2.45) is 0 Å². The number of carbonyl (C=O) groups is 2. The lowest BCUT2D eigenvalue weighted by Crippen LogP contribution is -2.09. The zero-order valence-electron chi connectivity index (χ0n) is 24.8. The molecule has 0 unspecified atom stereocenters. The van der Waals surface area contributed by atoms with Crippen molar-refractivity contribution in [2.45, 2.75) is 45.5 Å². The van der Waals surface area contributed by atoms with Crippen molar-refractivity contribution < 1.29 is 41.0 Å². The second-order valence-corrected chi connectivity index (χ2v) is 10.9. The minimum Gasteiger partial charge on any atom is -0.477 e. The number of carbonyl (C=O) groups excluding carboxylic acids is 1. The van der Waals surface area contributed by atoms with E-state index in [9.17, 15) is 35.9 Å². The highest BCUT2D eigenvalue weighted by molar-refractivity contribution is 6.33. The molecule has 0 bridgehead atoms. The minimum atomic E-state index is -4.46. The third-order valence-corrected chi connectivity index (χ3v) is 6.76. The first-order valence-corrected chi connectivity index (χ1v) is 14.5. The van der Waals surface area contributed by atoms with Gasteiger partial charge in [0.2, 0.25) is 0 Å². The topological polar surface area (TPSA) is 118 Å². The number of Topliss-reactive ketones (excluding diaryl/α,β-unsaturated/α-hetero) is 1. The van der Waals surface area contributed by atoms with Crippen LogP contribution in [-0.4, -0.2) is 26.8 Å². The smallest absolute Gasteiger partial charge is 0.416 e. The molecule has 7 nitrogen and oxygen atoms in total. The first kappa shape index (κ1) is 39.1. The number of carboxylic acids is 1. The van der Waals surface area contributed by atoms with Crippen LogP contribution in [0.4, 0.5) is 37.7 Å². The number of aromatic carboxylic acids is 1. The Morgan fingerprint density at radius 2 is 1.28 bits per heavy atom. The lowest BCUT2D eigenvalue weighted by Gasteiger charge is -2.12. The van der Waals surface area contributed by atoms with Crippen molar-refractivity contribution in [3.05, 3.63) is 116 Å². The minimum absolute atomic E-state index is 0.0231. The number of hydrogen-bond acceptors (Lipinski definition) is 6. The van der Waals surface area contributed by atoms with Gasteiger partial charge in [-0.2, -0.15) is 26.3 Å². The van der Waals surface area contributed by atoms with E-state index < -0.39 is 29.4 Å². The molecule has 4 N–H and O–H groups in total. The van der Waals surface area contributed by atoms with Gasteiger partial charge >= 0.3 is 18.3 Å². The summed E-state index contributed by atoms with van der Waals surface area (Å²) in [5.41, 5.74) is 7.38. The van der Waals surface area contributed by atoms with Crippen molar-refractivity contribution in [3.63, 3.8) is 0 Å². The number of halogens is 9. The Morgan fingerprint density at radius 1 is 0.787 bits per heavy atom. The number of nitrogens with one attached hydrogen (secondary N) is 1. The molecular weight excluding hydrogens is 697 g/mol. The number of nitrogens with zero attached hydrogens (tertiary/aromatic N) is 2. The SMILES string of the molecule is CC(=O)c1cc(C)cc(CCl)n1.Cc1cc(CNc2ccc(C(F)(F)F)cc2Cl)nc(C(=O)O)c1.Nc1ccc(C(F)(F)F)cc1Cl. The highest BCUT2D eigenvalue weighted by atomic mass is 35.5. The summed E-state index contributed by atoms with van der Waals surface area (Å²) in [5.74, 6) is -0.824. The van der Waals surface area contributed by atoms with Crippen LogP contribution >= 0.6 is 34.8 Å². The monoisotopic (exact) mass is 722 g/mol. The molecular formula is C31H27Cl3F6N4O3. The van der Waals surface area contributed by atoms with Gasteiger partial charge in [-0.1, -0.05) is 23.2 Å². The van der Waals surface area contributed by atoms with E-state index in [-0.39, 0.29) is 33.8 Å². The van der Waals surface area contributed by atoms with Gasteiger partial charge in [0.25, 0.3) is 0 Å². The molecule has 0 spiro atoms. The Kier molecular flexibility index (Phi) is 13.9. The van der Waals surface area contributed by atoms with Crippen LogP contribution in [0.2, 0.25) is 10.0 Å². The van der Waals surface area contributed by atoms with Gasteiger partial charge in [-0.25, -0.2) is 14.8 Å². The molecule has 0 aliphatic rings. The molecule has 0 fully saturated rings. The van der Waals surface area contributed by atoms with Crippen molar-refractivity contribution >= 4 is 57.9 Å². The van der Waals surface area contributed by atoms with E-state index in [0.29, 0.717) is 28.5 Å². The fourth-order valence-electron chi connectivity index (χ4n) is 3.65. The number of hydrogen-bond donors (Lipinski definition) is 3. The van der Waals surface area contributed by atoms with Crippen molar-refractivity contribution in [3.8, 4) is 0 Å². The van der Waals surface area contributed by atoms with Gasteiger partial charge in [-0.3, -0.25) is 4.79 Å². The summed E-state index contributed by atoms with van der Waals surface area (Å²) < 4.78 is 73.7. The van der Waals surface area contributed by atoms with Gasteiger partial charge in [0.05, 0.1) is 56.4 Å². The van der Waals surface area contributed by atoms with Crippen LogP contribution in [0.5, 0.6) is 0 Å². The maximum Gasteiger partial charge on any atom is 0.416 e. The molecule has 2 aromatic carbocycles. The number of ketones is 1. The lowest BCUT2D eigenvalue weighted by atomic mass is 10.2. The molecule has 2 aromatic heterocycles. The number of aromatic nitrogens is 2. The van der Waals surface area contributed by atoms with E-state index in [0.717, 1.165) is 41.6 Å². The zero-order valence-corrected chi connectivity index (χ0v) is 27.1. The summed E-state index contributed by atoms with van der Waals surface area (Å²) in [6.07, 6.45) is -8.83. The molecule has 16 heteroatoms. The standard InChI is InChI=1S/C15H12ClF3N2O2.C9H10ClNO.C7H5ClF3N/c1-8-4-10(21-13(5-8)14(22)23)7-20-12-3-2-9(6-11(12)16)15(17,18)19;1-6-3-8(5-10)11-9(4-6)7(2)12;8-5-3-4(7(9,10)11)1-2-6(5)12/h2-6,20H,7H2,1H3,(H,22,23);3-4H,5H2,1-2H3;1-3H,12H2. The van der Waals surface area contributed by atoms with Crippen LogP contribution in [0.3, 0.4) is 0 Å². The van der Waals surface area contributed by atoms with Crippen molar-refractivity contribution in [1.29, 1.82) is 0 Å². The van der Waals surface area contributed by atoms with E-state index in [1.54, 1.807) is 19.1 Å². The molecule has 0 aliphatic carbocycles. The summed E-state index contributed by atoms with van der Waals surface area (Å²) in [6.45, 7) is 5.28. The van der Waals surface area contributed by atoms with Gasteiger partial charge in [-0.15, -0.1) is 11.6 Å². The summed E-state index contributed by atoms with van der Waals surface area (Å²) in [4.78, 5) is 29.9. The molecule has 0 amide bonds. The van der Waals surface area contributed by atoms with E-state index in [4.69, 9.17) is 45.6 Å². The number of nitrogen functional groups attached to an aromatic ring is 1. The van der Waals surface area contributed by atoms with E-state index in [1.165, 1.54) is 19.1 Å². The Morgan fingerprint density at radius 3 is 1.74 bits per heavy atom. The Balaban J connectivity index is 0.000000270. The maximum atomic E-state index is 12.6. The largest absolute Gasteiger partial charge is 0.477 e. The average molecular weight is 724 g/mol. The lowest BCUT2D eigenvalue weighted by molar-refractivity contribution is -0.138. The van der Waals surface area contributed by atoms with Gasteiger partial charge in [0.1, 0.15) is 11.4 Å². The quantitative estimate of drug-likeness (QED) is 0.0785. The van der Waals surface area contributed by atoms with Crippen molar-refractivity contribution in [2.75, 3.05) is 11.1 Å². The van der Waals surface area contributed by atoms with Crippen molar-refractivity contribution in [1.82, 2.24) is 9.97 Å². The Labute approximate surface area is 280 Å². The van der Waals surface area contributed by atoms with Crippen LogP contribution in [0.1, 0.15) is 61.5 Å². The van der Waals surface area contributed by atoms with Gasteiger partial charge in [-0.05, 0) is 85.6 Å². The first-order chi connectivity index (χ1) is 21.7. The number of alkyl halides is 7. The van der Waals surface area contributed by atoms with Crippen LogP contribution in [-0.2, 0) is 24.8 Å². The second kappa shape index (κ2) is 16.7. The molecule has 0 saturated carbocycles. The molecule has 0 aliphatic heterocycles. The molecule has 0 radical (unpaired) electrons. The fourth-order valence-corrected chi connectivity index (χ4v) is 4.22. The molecule has 0 saturated heterocycles. The van der Waals surface area contributed by atoms with Gasteiger partial charge in [0.15, 0.2) is 5.78 Å². The summed E-state index contributed by atoms with van der Waals surface area (Å²) in [7, 11) is 0. The molecule has 47 heavy (non-hydrogen) atoms. The highest BCUT2D eigenvalue weighted by Gasteiger charge is 2.31. The number of pyridine rings is 2. The predicted octanol–water partition coefficient (Wildman–Crippen LogP) is 9.64. The Hall–Kier alpha value is -4.07. The number of carboxylic acid groups (broad SMARTS) is 1. The van der Waals surface area contributed by atoms with Crippen LogP contribution in [0.15, 0.2) is 60.7 Å². The van der Waals surface area contributed by atoms with E-state index in [2.05, 4.69) is 15.3 Å². The molecule has 2 heterocycles. The second-order valence-electron chi connectivity index (χ2n) is 9.82. The first-order valence-electron chi connectivity index (χ1n) is 13.2. The van der Waals surface area contributed by atoms with E-state index in [1.807, 2.05) is 13.0 Å². The number of aryl methyl sites for hydroxylation is 2. The summed E-state index contributed by atoms with van der Waals surface area (Å²) in [6, 6.07) is 12.5. The third kappa shape index (κ3) is 12.6. The predicted molar refractivity (Wildman–Crippen MR) is 169 cm³/mol. The number of rotatable bonds is 6. The molecule has 0 atom stereocenters. The van der Waals surface area contributed by atoms with Gasteiger partial charge < -0.3 is 16.2 Å². The Bertz CT molecular complexity index is 1730. The molecule has 252 valence electrons. The number of nitrogens with two attached hydrogens (primary N) is 1. The fraction of sp³-hybridized carbons (Fsp3) is 0.226. The zero-order chi connectivity index (χ0) is 35.7. The molecule has 4 aromatic rings. The normalized spacial score (nSPS) is 11.1. The van der Waals surface area contributed by atoms with Gasteiger partial charge in [0, 0.05) is 6.92 Å². The van der Waals surface area contributed by atoms with Crippen LogP contribution < -0.4 is 11.1 Å². The summed E-state index contributed by atoms with van der Waals surface area (Å²) >= 11 is 16.8. The van der Waals surface area contributed by atoms with Crippen LogP contribution in [0.25, 0.3) is 0 Å². The number of anilines is 2. The maximum absolute atomic E-state index is 12.6. The summed E-state index contributed by atoms with van der Waals surface area (Å²) in [5, 5.41) is 11.6. The molecule has 4 rings (SSSR count). The highest BCUT2D eigenvalue weighted by Crippen LogP contribution is 2.34.